The van der Waals surface area contributed by atoms with Gasteiger partial charge in [-0.1, -0.05) is 45.0 Å². The Kier molecular flexibility index (Phi) is 6.73. The Morgan fingerprint density at radius 1 is 1.04 bits per heavy atom. The summed E-state index contributed by atoms with van der Waals surface area (Å²) in [6, 6.07) is 8.84. The first-order chi connectivity index (χ1) is 13.3. The zero-order valence-electron chi connectivity index (χ0n) is 17.3. The SMILES string of the molecule is CC(C)c1ccc(CN2CCN(C(=O)CN3C[C@@H](C)[C@H](C(=O)O)C3)CC2)cc1. The number of hydrogen-bond acceptors (Lipinski definition) is 4. The van der Waals surface area contributed by atoms with Crippen molar-refractivity contribution in [2.75, 3.05) is 45.8 Å². The van der Waals surface area contributed by atoms with E-state index >= 15 is 0 Å². The summed E-state index contributed by atoms with van der Waals surface area (Å²) >= 11 is 0. The maximum absolute atomic E-state index is 12.6. The van der Waals surface area contributed by atoms with Gasteiger partial charge in [0.05, 0.1) is 12.5 Å². The largest absolute Gasteiger partial charge is 0.481 e. The minimum Gasteiger partial charge on any atom is -0.481 e. The molecule has 154 valence electrons. The Labute approximate surface area is 168 Å². The Bertz CT molecular complexity index is 681. The summed E-state index contributed by atoms with van der Waals surface area (Å²) in [4.78, 5) is 30.2. The first-order valence-electron chi connectivity index (χ1n) is 10.4. The van der Waals surface area contributed by atoms with Crippen LogP contribution in [0.1, 0.15) is 37.8 Å². The van der Waals surface area contributed by atoms with Gasteiger partial charge < -0.3 is 10.0 Å². The van der Waals surface area contributed by atoms with Gasteiger partial charge in [-0.3, -0.25) is 19.4 Å². The Balaban J connectivity index is 1.43. The molecule has 1 aromatic carbocycles. The molecule has 2 aliphatic heterocycles. The van der Waals surface area contributed by atoms with Crippen LogP contribution >= 0.6 is 0 Å². The maximum atomic E-state index is 12.6. The molecule has 6 nitrogen and oxygen atoms in total. The number of amides is 1. The van der Waals surface area contributed by atoms with Gasteiger partial charge in [0.15, 0.2) is 0 Å². The van der Waals surface area contributed by atoms with Crippen LogP contribution < -0.4 is 0 Å². The van der Waals surface area contributed by atoms with Gasteiger partial charge in [-0.2, -0.15) is 0 Å². The van der Waals surface area contributed by atoms with Gasteiger partial charge >= 0.3 is 5.97 Å². The topological polar surface area (TPSA) is 64.1 Å². The minimum atomic E-state index is -0.752. The third-order valence-electron chi connectivity index (χ3n) is 6.14. The van der Waals surface area contributed by atoms with Crippen LogP contribution in [0.4, 0.5) is 0 Å². The minimum absolute atomic E-state index is 0.101. The van der Waals surface area contributed by atoms with Crippen molar-refractivity contribution in [3.05, 3.63) is 35.4 Å². The summed E-state index contributed by atoms with van der Waals surface area (Å²) in [5.74, 6) is -0.333. The van der Waals surface area contributed by atoms with E-state index in [4.69, 9.17) is 0 Å². The second-order valence-electron chi connectivity index (χ2n) is 8.67. The molecule has 2 heterocycles. The Morgan fingerprint density at radius 3 is 2.21 bits per heavy atom. The monoisotopic (exact) mass is 387 g/mol. The molecular formula is C22H33N3O3. The summed E-state index contributed by atoms with van der Waals surface area (Å²) < 4.78 is 0. The van der Waals surface area contributed by atoms with Crippen molar-refractivity contribution in [1.29, 1.82) is 0 Å². The number of rotatable bonds is 6. The smallest absolute Gasteiger partial charge is 0.308 e. The lowest BCUT2D eigenvalue weighted by Crippen LogP contribution is -2.50. The van der Waals surface area contributed by atoms with E-state index in [0.717, 1.165) is 32.7 Å². The van der Waals surface area contributed by atoms with Crippen LogP contribution in [0.2, 0.25) is 0 Å². The molecule has 28 heavy (non-hydrogen) atoms. The van der Waals surface area contributed by atoms with Gasteiger partial charge in [0, 0.05) is 45.8 Å². The number of aliphatic carboxylic acids is 1. The van der Waals surface area contributed by atoms with Gasteiger partial charge in [0.1, 0.15) is 0 Å². The highest BCUT2D eigenvalue weighted by Crippen LogP contribution is 2.23. The van der Waals surface area contributed by atoms with Gasteiger partial charge in [-0.05, 0) is 23.0 Å². The summed E-state index contributed by atoms with van der Waals surface area (Å²) in [7, 11) is 0. The predicted molar refractivity (Wildman–Crippen MR) is 109 cm³/mol. The van der Waals surface area contributed by atoms with E-state index in [1.54, 1.807) is 0 Å². The fraction of sp³-hybridized carbons (Fsp3) is 0.636. The van der Waals surface area contributed by atoms with Crippen molar-refractivity contribution in [3.8, 4) is 0 Å². The molecule has 0 saturated carbocycles. The maximum Gasteiger partial charge on any atom is 0.308 e. The fourth-order valence-corrected chi connectivity index (χ4v) is 4.23. The molecule has 0 aliphatic carbocycles. The van der Waals surface area contributed by atoms with Crippen molar-refractivity contribution in [2.45, 2.75) is 33.2 Å². The number of benzene rings is 1. The number of carbonyl (C=O) groups excluding carboxylic acids is 1. The molecule has 2 fully saturated rings. The number of piperazine rings is 1. The van der Waals surface area contributed by atoms with Crippen molar-refractivity contribution >= 4 is 11.9 Å². The number of carbonyl (C=O) groups is 2. The Morgan fingerprint density at radius 2 is 1.68 bits per heavy atom. The molecule has 0 spiro atoms. The van der Waals surface area contributed by atoms with E-state index < -0.39 is 5.97 Å². The molecule has 0 radical (unpaired) electrons. The van der Waals surface area contributed by atoms with Gasteiger partial charge in [0.25, 0.3) is 0 Å². The average molecular weight is 388 g/mol. The lowest BCUT2D eigenvalue weighted by atomic mass is 9.99. The first kappa shape index (κ1) is 20.8. The molecule has 0 bridgehead atoms. The summed E-state index contributed by atoms with van der Waals surface area (Å²) in [6.45, 7) is 12.0. The van der Waals surface area contributed by atoms with Crippen LogP contribution in [0, 0.1) is 11.8 Å². The summed E-state index contributed by atoms with van der Waals surface area (Å²) in [5, 5.41) is 9.25. The molecule has 2 saturated heterocycles. The number of carboxylic acids is 1. The molecule has 2 atom stereocenters. The van der Waals surface area contributed by atoms with Crippen LogP contribution in [-0.2, 0) is 16.1 Å². The van der Waals surface area contributed by atoms with E-state index in [1.165, 1.54) is 11.1 Å². The van der Waals surface area contributed by atoms with Gasteiger partial charge in [-0.15, -0.1) is 0 Å². The quantitative estimate of drug-likeness (QED) is 0.810. The molecule has 6 heteroatoms. The lowest BCUT2D eigenvalue weighted by Gasteiger charge is -2.35. The van der Waals surface area contributed by atoms with Crippen molar-refractivity contribution in [1.82, 2.24) is 14.7 Å². The Hall–Kier alpha value is -1.92. The van der Waals surface area contributed by atoms with E-state index in [2.05, 4.69) is 43.0 Å². The van der Waals surface area contributed by atoms with Gasteiger partial charge in [0.2, 0.25) is 5.91 Å². The number of carboxylic acid groups (broad SMARTS) is 1. The zero-order chi connectivity index (χ0) is 20.3. The number of likely N-dealkylation sites (tertiary alicyclic amines) is 1. The summed E-state index contributed by atoms with van der Waals surface area (Å²) in [5.41, 5.74) is 2.68. The van der Waals surface area contributed by atoms with Crippen LogP contribution in [0.15, 0.2) is 24.3 Å². The highest BCUT2D eigenvalue weighted by atomic mass is 16.4. The number of hydrogen-bond donors (Lipinski definition) is 1. The van der Waals surface area contributed by atoms with Gasteiger partial charge in [-0.25, -0.2) is 0 Å². The zero-order valence-corrected chi connectivity index (χ0v) is 17.3. The molecule has 1 N–H and O–H groups in total. The number of nitrogens with zero attached hydrogens (tertiary/aromatic N) is 3. The molecule has 0 aromatic heterocycles. The average Bonchev–Trinajstić information content (AvgIpc) is 3.03. The van der Waals surface area contributed by atoms with E-state index in [1.807, 2.05) is 16.7 Å². The molecule has 1 aromatic rings. The van der Waals surface area contributed by atoms with Crippen molar-refractivity contribution < 1.29 is 14.7 Å². The highest BCUT2D eigenvalue weighted by Gasteiger charge is 2.36. The van der Waals surface area contributed by atoms with Crippen LogP contribution in [0.3, 0.4) is 0 Å². The van der Waals surface area contributed by atoms with Crippen LogP contribution in [-0.4, -0.2) is 77.5 Å². The second-order valence-corrected chi connectivity index (χ2v) is 8.67. The second kappa shape index (κ2) is 9.05. The van der Waals surface area contributed by atoms with Crippen LogP contribution in [0.25, 0.3) is 0 Å². The third-order valence-corrected chi connectivity index (χ3v) is 6.14. The van der Waals surface area contributed by atoms with Crippen molar-refractivity contribution in [2.24, 2.45) is 11.8 Å². The van der Waals surface area contributed by atoms with E-state index in [9.17, 15) is 14.7 Å². The normalized spacial score (nSPS) is 24.1. The third kappa shape index (κ3) is 5.11. The molecule has 3 rings (SSSR count). The predicted octanol–water partition coefficient (Wildman–Crippen LogP) is 2.11. The first-order valence-corrected chi connectivity index (χ1v) is 10.4. The highest BCUT2D eigenvalue weighted by molar-refractivity contribution is 5.78. The standard InChI is InChI=1S/C22H33N3O3/c1-16(2)19-6-4-18(5-7-19)13-23-8-10-25(11-9-23)21(26)15-24-12-17(3)20(14-24)22(27)28/h4-7,16-17,20H,8-15H2,1-3H3,(H,27,28)/t17-,20-/m1/s1. The lowest BCUT2D eigenvalue weighted by molar-refractivity contribution is -0.142. The van der Waals surface area contributed by atoms with Crippen LogP contribution in [0.5, 0.6) is 0 Å². The van der Waals surface area contributed by atoms with E-state index in [0.29, 0.717) is 25.6 Å². The summed E-state index contributed by atoms with van der Waals surface area (Å²) in [6.07, 6.45) is 0. The van der Waals surface area contributed by atoms with E-state index in [-0.39, 0.29) is 17.7 Å². The molecule has 2 aliphatic rings. The fourth-order valence-electron chi connectivity index (χ4n) is 4.23. The van der Waals surface area contributed by atoms with Crippen molar-refractivity contribution in [3.63, 3.8) is 0 Å². The molecule has 0 unspecified atom stereocenters. The molecular weight excluding hydrogens is 354 g/mol. The molecule has 1 amide bonds.